The van der Waals surface area contributed by atoms with Gasteiger partial charge in [-0.2, -0.15) is 0 Å². The smallest absolute Gasteiger partial charge is 0.336 e. The third-order valence-corrected chi connectivity index (χ3v) is 8.12. The van der Waals surface area contributed by atoms with Crippen molar-refractivity contribution < 1.29 is 32.7 Å². The number of carbonyl (C=O) groups is 3. The van der Waals surface area contributed by atoms with Gasteiger partial charge in [0.1, 0.15) is 30.2 Å². The van der Waals surface area contributed by atoms with Gasteiger partial charge in [0.15, 0.2) is 0 Å². The number of rotatable bonds is 9. The zero-order valence-electron chi connectivity index (χ0n) is 23.1. The molecule has 2 fully saturated rings. The molecule has 0 bridgehead atoms. The molecule has 2 aliphatic heterocycles. The number of fused-ring (bicyclic) bond motifs is 1. The molecule has 42 heavy (non-hydrogen) atoms. The minimum atomic E-state index is -1.11. The topological polar surface area (TPSA) is 106 Å². The van der Waals surface area contributed by atoms with Crippen LogP contribution in [0.25, 0.3) is 22.1 Å². The zero-order valence-corrected chi connectivity index (χ0v) is 23.8. The molecule has 9 nitrogen and oxygen atoms in total. The third-order valence-electron chi connectivity index (χ3n) is 7.81. The Labute approximate surface area is 247 Å². The molecule has 0 radical (unpaired) electrons. The van der Waals surface area contributed by atoms with E-state index in [0.717, 1.165) is 25.6 Å². The summed E-state index contributed by atoms with van der Waals surface area (Å²) in [6, 6.07) is 9.93. The molecule has 2 aromatic carbocycles. The van der Waals surface area contributed by atoms with Crippen LogP contribution in [0, 0.1) is 11.7 Å². The van der Waals surface area contributed by atoms with Crippen molar-refractivity contribution >= 4 is 40.7 Å². The maximum absolute atomic E-state index is 13.6. The molecule has 222 valence electrons. The fourth-order valence-corrected chi connectivity index (χ4v) is 5.89. The van der Waals surface area contributed by atoms with Gasteiger partial charge < -0.3 is 23.6 Å². The summed E-state index contributed by atoms with van der Waals surface area (Å²) in [5.74, 6) is -2.36. The summed E-state index contributed by atoms with van der Waals surface area (Å²) in [6.45, 7) is 4.80. The number of likely N-dealkylation sites (tertiary alicyclic amines) is 1. The molecule has 0 aliphatic carbocycles. The molecule has 1 unspecified atom stereocenters. The summed E-state index contributed by atoms with van der Waals surface area (Å²) in [6.07, 6.45) is 2.27. The number of aldehydes is 1. The van der Waals surface area contributed by atoms with Crippen LogP contribution in [-0.2, 0) is 23.9 Å². The lowest BCUT2D eigenvalue weighted by molar-refractivity contribution is -0.147. The molecule has 0 spiro atoms. The summed E-state index contributed by atoms with van der Waals surface area (Å²) in [7, 11) is 0. The molecule has 5 rings (SSSR count). The number of nitrogens with zero attached hydrogens (tertiary/aromatic N) is 2. The zero-order chi connectivity index (χ0) is 29.6. The van der Waals surface area contributed by atoms with E-state index in [2.05, 4.69) is 4.90 Å². The highest BCUT2D eigenvalue weighted by atomic mass is 35.5. The third kappa shape index (κ3) is 7.06. The number of ether oxygens (including phenoxy) is 2. The van der Waals surface area contributed by atoms with E-state index in [1.807, 2.05) is 0 Å². The van der Waals surface area contributed by atoms with Gasteiger partial charge in [-0.3, -0.25) is 14.5 Å². The van der Waals surface area contributed by atoms with Gasteiger partial charge in [0, 0.05) is 55.3 Å². The van der Waals surface area contributed by atoms with Crippen molar-refractivity contribution in [3.05, 3.63) is 69.3 Å². The largest absolute Gasteiger partial charge is 0.464 e. The van der Waals surface area contributed by atoms with Crippen LogP contribution in [0.3, 0.4) is 0 Å². The number of carbonyl (C=O) groups excluding carboxylic acids is 3. The van der Waals surface area contributed by atoms with E-state index in [-0.39, 0.29) is 34.8 Å². The lowest BCUT2D eigenvalue weighted by atomic mass is 9.91. The van der Waals surface area contributed by atoms with Crippen molar-refractivity contribution in [2.24, 2.45) is 5.92 Å². The lowest BCUT2D eigenvalue weighted by Gasteiger charge is -2.34. The van der Waals surface area contributed by atoms with E-state index >= 15 is 0 Å². The molecule has 1 amide bonds. The van der Waals surface area contributed by atoms with Crippen molar-refractivity contribution in [2.45, 2.75) is 25.2 Å². The number of hydrogen-bond donors (Lipinski definition) is 0. The van der Waals surface area contributed by atoms with Gasteiger partial charge in [-0.25, -0.2) is 9.18 Å². The second-order valence-corrected chi connectivity index (χ2v) is 11.1. The number of benzene rings is 2. The monoisotopic (exact) mass is 598 g/mol. The highest BCUT2D eigenvalue weighted by Gasteiger charge is 2.31. The Bertz CT molecular complexity index is 1520. The van der Waals surface area contributed by atoms with Crippen molar-refractivity contribution in [1.82, 2.24) is 9.80 Å². The quantitative estimate of drug-likeness (QED) is 0.157. The minimum Gasteiger partial charge on any atom is -0.464 e. The van der Waals surface area contributed by atoms with Crippen LogP contribution in [0.1, 0.15) is 30.7 Å². The Balaban J connectivity index is 1.26. The van der Waals surface area contributed by atoms with Crippen LogP contribution in [0.2, 0.25) is 5.02 Å². The van der Waals surface area contributed by atoms with Crippen LogP contribution in [0.5, 0.6) is 0 Å². The molecule has 3 aromatic rings. The predicted octanol–water partition coefficient (Wildman–Crippen LogP) is 4.04. The first-order valence-electron chi connectivity index (χ1n) is 14.1. The van der Waals surface area contributed by atoms with Crippen LogP contribution < -0.4 is 5.63 Å². The molecule has 2 atom stereocenters. The van der Waals surface area contributed by atoms with Crippen LogP contribution >= 0.6 is 11.6 Å². The first-order valence-corrected chi connectivity index (χ1v) is 14.4. The molecule has 3 heterocycles. The highest BCUT2D eigenvalue weighted by molar-refractivity contribution is 6.33. The summed E-state index contributed by atoms with van der Waals surface area (Å²) < 4.78 is 29.8. The van der Waals surface area contributed by atoms with Gasteiger partial charge in [0.05, 0.1) is 24.7 Å². The Morgan fingerprint density at radius 2 is 1.90 bits per heavy atom. The maximum atomic E-state index is 13.6. The van der Waals surface area contributed by atoms with Crippen molar-refractivity contribution in [1.29, 1.82) is 0 Å². The molecular weight excluding hydrogens is 567 g/mol. The Hall–Kier alpha value is -3.60. The predicted molar refractivity (Wildman–Crippen MR) is 154 cm³/mol. The molecular formula is C31H32ClFN2O7. The number of piperidine rings is 1. The molecule has 11 heteroatoms. The van der Waals surface area contributed by atoms with E-state index in [1.165, 1.54) is 24.3 Å². The SMILES string of the molecule is O=CC(C(=O)N1CCC[C@H](CC(=O)OCCN2CCOCC2)C1)c1ccc2c(-c3ccc(F)cc3Cl)cc(=O)oc2c1. The maximum Gasteiger partial charge on any atom is 0.336 e. The number of esters is 1. The average molecular weight is 599 g/mol. The van der Waals surface area contributed by atoms with E-state index < -0.39 is 17.4 Å². The van der Waals surface area contributed by atoms with E-state index in [9.17, 15) is 23.6 Å². The summed E-state index contributed by atoms with van der Waals surface area (Å²) >= 11 is 6.24. The fraction of sp³-hybridized carbons (Fsp3) is 0.419. The van der Waals surface area contributed by atoms with Gasteiger partial charge in [-0.05, 0) is 48.6 Å². The van der Waals surface area contributed by atoms with Gasteiger partial charge in [-0.15, -0.1) is 0 Å². The molecule has 2 aliphatic rings. The number of hydrogen-bond acceptors (Lipinski definition) is 8. The van der Waals surface area contributed by atoms with E-state index in [0.29, 0.717) is 74.2 Å². The van der Waals surface area contributed by atoms with Gasteiger partial charge in [0.2, 0.25) is 5.91 Å². The molecule has 1 aromatic heterocycles. The lowest BCUT2D eigenvalue weighted by Crippen LogP contribution is -2.43. The van der Waals surface area contributed by atoms with Crippen molar-refractivity contribution in [3.8, 4) is 11.1 Å². The van der Waals surface area contributed by atoms with Crippen LogP contribution in [0.15, 0.2) is 51.7 Å². The highest BCUT2D eigenvalue weighted by Crippen LogP contribution is 2.34. The Kier molecular flexibility index (Phi) is 9.66. The second-order valence-electron chi connectivity index (χ2n) is 10.6. The summed E-state index contributed by atoms with van der Waals surface area (Å²) in [5, 5.41) is 0.654. The number of amides is 1. The second kappa shape index (κ2) is 13.6. The summed E-state index contributed by atoms with van der Waals surface area (Å²) in [4.78, 5) is 54.3. The van der Waals surface area contributed by atoms with Crippen LogP contribution in [0.4, 0.5) is 4.39 Å². The number of halogens is 2. The van der Waals surface area contributed by atoms with E-state index in [1.54, 1.807) is 17.0 Å². The molecule has 0 saturated carbocycles. The minimum absolute atomic E-state index is 0.0662. The normalized spacial score (nSPS) is 18.5. The first-order chi connectivity index (χ1) is 20.3. The van der Waals surface area contributed by atoms with Crippen LogP contribution in [-0.4, -0.2) is 80.5 Å². The van der Waals surface area contributed by atoms with Gasteiger partial charge in [-0.1, -0.05) is 23.7 Å². The Morgan fingerprint density at radius 1 is 1.10 bits per heavy atom. The number of morpholine rings is 1. The molecule has 0 N–H and O–H groups in total. The van der Waals surface area contributed by atoms with E-state index in [4.69, 9.17) is 25.5 Å². The Morgan fingerprint density at radius 3 is 2.67 bits per heavy atom. The van der Waals surface area contributed by atoms with Crippen molar-refractivity contribution in [2.75, 3.05) is 52.5 Å². The van der Waals surface area contributed by atoms with Crippen molar-refractivity contribution in [3.63, 3.8) is 0 Å². The standard InChI is InChI=1S/C31H32ClFN2O7/c32-27-16-22(33)4-6-23(27)25-17-30(38)42-28-15-21(3-5-24(25)28)26(19-36)31(39)35-7-1-2-20(18-35)14-29(37)41-13-10-34-8-11-40-12-9-34/h3-6,15-17,19-20,26H,1-2,7-14,18H2/t20-,26?/m1/s1. The first kappa shape index (κ1) is 29.9. The molecule has 2 saturated heterocycles. The fourth-order valence-electron chi connectivity index (χ4n) is 5.62. The summed E-state index contributed by atoms with van der Waals surface area (Å²) in [5.41, 5.74) is 0.789. The van der Waals surface area contributed by atoms with Gasteiger partial charge >= 0.3 is 11.6 Å². The average Bonchev–Trinajstić information content (AvgIpc) is 2.97. The van der Waals surface area contributed by atoms with Gasteiger partial charge in [0.25, 0.3) is 0 Å².